The smallest absolute Gasteiger partial charge is 0.554 e. The maximum Gasteiger partial charge on any atom is 1.00 e. The number of carbonyl (C=O) groups is 2. The van der Waals surface area contributed by atoms with E-state index in [4.69, 9.17) is 15.0 Å². The standard InChI is InChI=1S/C13H11NO2.CH2O2.Na/c15-13(16)11-8-4-5-9-12(11)14-10-6-2-1-3-7-10;2-1-3;/h1-9,14H,(H,15,16);1H,(H,2,3);/q;;+1/p-1. The Morgan fingerprint density at radius 1 is 1.05 bits per heavy atom. The molecule has 0 bridgehead atoms. The zero-order valence-electron chi connectivity index (χ0n) is 10.9. The molecular weight excluding hydrogens is 269 g/mol. The summed E-state index contributed by atoms with van der Waals surface area (Å²) >= 11 is 0. The molecule has 0 amide bonds. The zero-order valence-corrected chi connectivity index (χ0v) is 12.9. The molecule has 0 spiro atoms. The minimum Gasteiger partial charge on any atom is -0.554 e. The van der Waals surface area contributed by atoms with E-state index in [2.05, 4.69) is 5.32 Å². The van der Waals surface area contributed by atoms with Gasteiger partial charge < -0.3 is 20.3 Å². The molecule has 0 saturated carbocycles. The molecule has 0 unspecified atom stereocenters. The molecule has 2 aromatic rings. The maximum absolute atomic E-state index is 11.0. The number of para-hydroxylation sites is 2. The van der Waals surface area contributed by atoms with Crippen molar-refractivity contribution in [2.75, 3.05) is 5.32 Å². The second-order valence-corrected chi connectivity index (χ2v) is 3.44. The predicted octanol–water partition coefficient (Wildman–Crippen LogP) is -1.50. The third kappa shape index (κ3) is 5.88. The van der Waals surface area contributed by atoms with Crippen LogP contribution in [0.25, 0.3) is 0 Å². The van der Waals surface area contributed by atoms with Crippen molar-refractivity contribution in [1.82, 2.24) is 0 Å². The molecule has 98 valence electrons. The van der Waals surface area contributed by atoms with Gasteiger partial charge in [-0.05, 0) is 24.3 Å². The number of anilines is 2. The molecule has 0 aliphatic heterocycles. The number of aromatic carboxylic acids is 1. The van der Waals surface area contributed by atoms with Crippen LogP contribution in [-0.4, -0.2) is 17.5 Å². The number of carboxylic acid groups (broad SMARTS) is 2. The summed E-state index contributed by atoms with van der Waals surface area (Å²) in [5, 5.41) is 20.3. The van der Waals surface area contributed by atoms with Crippen molar-refractivity contribution >= 4 is 23.8 Å². The first-order valence-electron chi connectivity index (χ1n) is 5.39. The second kappa shape index (κ2) is 10.0. The van der Waals surface area contributed by atoms with E-state index in [9.17, 15) is 4.79 Å². The minimum absolute atomic E-state index is 0. The average molecular weight is 281 g/mol. The molecule has 0 atom stereocenters. The largest absolute Gasteiger partial charge is 1.00 e. The predicted molar refractivity (Wildman–Crippen MR) is 69.2 cm³/mol. The number of carbonyl (C=O) groups excluding carboxylic acids is 1. The molecular formula is C14H12NNaO4. The summed E-state index contributed by atoms with van der Waals surface area (Å²) in [5.41, 5.74) is 1.74. The monoisotopic (exact) mass is 281 g/mol. The summed E-state index contributed by atoms with van der Waals surface area (Å²) in [4.78, 5) is 19.2. The summed E-state index contributed by atoms with van der Waals surface area (Å²) in [7, 11) is 0. The van der Waals surface area contributed by atoms with Crippen molar-refractivity contribution in [1.29, 1.82) is 0 Å². The Hall–Kier alpha value is -1.82. The van der Waals surface area contributed by atoms with Gasteiger partial charge in [-0.1, -0.05) is 30.3 Å². The van der Waals surface area contributed by atoms with E-state index >= 15 is 0 Å². The molecule has 0 heterocycles. The summed E-state index contributed by atoms with van der Waals surface area (Å²) in [6.45, 7) is -0.500. The first-order chi connectivity index (χ1) is 9.19. The van der Waals surface area contributed by atoms with Crippen molar-refractivity contribution < 1.29 is 49.4 Å². The van der Waals surface area contributed by atoms with Crippen LogP contribution in [0.3, 0.4) is 0 Å². The quantitative estimate of drug-likeness (QED) is 0.528. The molecule has 6 heteroatoms. The van der Waals surface area contributed by atoms with E-state index in [1.807, 2.05) is 30.3 Å². The van der Waals surface area contributed by atoms with Crippen molar-refractivity contribution in [3.8, 4) is 0 Å². The average Bonchev–Trinajstić information content (AvgIpc) is 2.41. The number of benzene rings is 2. The Kier molecular flexibility index (Phi) is 9.11. The van der Waals surface area contributed by atoms with E-state index in [1.165, 1.54) is 0 Å². The van der Waals surface area contributed by atoms with Gasteiger partial charge in [-0.15, -0.1) is 0 Å². The zero-order chi connectivity index (χ0) is 14.1. The SMILES string of the molecule is O=C(O)c1ccccc1Nc1ccccc1.O=C[O-].[Na+]. The Morgan fingerprint density at radius 3 is 2.10 bits per heavy atom. The van der Waals surface area contributed by atoms with Crippen LogP contribution in [0.2, 0.25) is 0 Å². The summed E-state index contributed by atoms with van der Waals surface area (Å²) < 4.78 is 0. The molecule has 0 aliphatic rings. The van der Waals surface area contributed by atoms with Gasteiger partial charge in [0.05, 0.1) is 11.3 Å². The number of nitrogens with one attached hydrogen (secondary N) is 1. The molecule has 0 fully saturated rings. The van der Waals surface area contributed by atoms with E-state index in [0.29, 0.717) is 5.69 Å². The maximum atomic E-state index is 11.0. The number of carboxylic acids is 1. The molecule has 2 N–H and O–H groups in total. The summed E-state index contributed by atoms with van der Waals surface area (Å²) in [5.74, 6) is -0.931. The van der Waals surface area contributed by atoms with Crippen LogP contribution in [0.15, 0.2) is 54.6 Å². The summed E-state index contributed by atoms with van der Waals surface area (Å²) in [6, 6.07) is 16.3. The third-order valence-electron chi connectivity index (χ3n) is 2.21. The first-order valence-corrected chi connectivity index (χ1v) is 5.39. The van der Waals surface area contributed by atoms with E-state index < -0.39 is 12.4 Å². The Bertz CT molecular complexity index is 546. The summed E-state index contributed by atoms with van der Waals surface area (Å²) in [6.07, 6.45) is 0. The van der Waals surface area contributed by atoms with Gasteiger partial charge in [-0.2, -0.15) is 0 Å². The fraction of sp³-hybridized carbons (Fsp3) is 0. The van der Waals surface area contributed by atoms with Gasteiger partial charge in [0.15, 0.2) is 0 Å². The molecule has 0 aromatic heterocycles. The van der Waals surface area contributed by atoms with E-state index in [0.717, 1.165) is 5.69 Å². The first kappa shape index (κ1) is 18.2. The minimum atomic E-state index is -0.931. The molecule has 0 radical (unpaired) electrons. The topological polar surface area (TPSA) is 89.5 Å². The van der Waals surface area contributed by atoms with Crippen molar-refractivity contribution in [3.05, 3.63) is 60.2 Å². The second-order valence-electron chi connectivity index (χ2n) is 3.44. The normalized spacial score (nSPS) is 8.40. The van der Waals surface area contributed by atoms with E-state index in [1.54, 1.807) is 24.3 Å². The van der Waals surface area contributed by atoms with Gasteiger partial charge in [-0.3, -0.25) is 0 Å². The van der Waals surface area contributed by atoms with Crippen LogP contribution in [0, 0.1) is 0 Å². The van der Waals surface area contributed by atoms with Gasteiger partial charge in [0.2, 0.25) is 0 Å². The van der Waals surface area contributed by atoms with Crippen LogP contribution in [0.5, 0.6) is 0 Å². The van der Waals surface area contributed by atoms with Crippen molar-refractivity contribution in [3.63, 3.8) is 0 Å². The van der Waals surface area contributed by atoms with Crippen LogP contribution in [0.4, 0.5) is 11.4 Å². The molecule has 0 aliphatic carbocycles. The molecule has 2 rings (SSSR count). The van der Waals surface area contributed by atoms with Gasteiger partial charge in [0.1, 0.15) is 0 Å². The van der Waals surface area contributed by atoms with E-state index in [-0.39, 0.29) is 35.1 Å². The van der Waals surface area contributed by atoms with Crippen LogP contribution >= 0.6 is 0 Å². The van der Waals surface area contributed by atoms with Gasteiger partial charge in [0, 0.05) is 12.2 Å². The molecule has 2 aromatic carbocycles. The third-order valence-corrected chi connectivity index (χ3v) is 2.21. The number of hydrogen-bond donors (Lipinski definition) is 2. The molecule has 0 saturated heterocycles. The number of rotatable bonds is 3. The molecule has 5 nitrogen and oxygen atoms in total. The number of hydrogen-bond acceptors (Lipinski definition) is 4. The fourth-order valence-corrected chi connectivity index (χ4v) is 1.46. The van der Waals surface area contributed by atoms with Crippen LogP contribution in [-0.2, 0) is 4.79 Å². The van der Waals surface area contributed by atoms with Crippen LogP contribution in [0.1, 0.15) is 10.4 Å². The van der Waals surface area contributed by atoms with Gasteiger partial charge >= 0.3 is 35.5 Å². The van der Waals surface area contributed by atoms with Gasteiger partial charge in [-0.25, -0.2) is 4.79 Å². The van der Waals surface area contributed by atoms with Crippen molar-refractivity contribution in [2.45, 2.75) is 0 Å². The fourth-order valence-electron chi connectivity index (χ4n) is 1.46. The Morgan fingerprint density at radius 2 is 1.55 bits per heavy atom. The van der Waals surface area contributed by atoms with Gasteiger partial charge in [0.25, 0.3) is 0 Å². The Balaban J connectivity index is 0.000000830. The van der Waals surface area contributed by atoms with Crippen molar-refractivity contribution in [2.24, 2.45) is 0 Å². The molecule has 20 heavy (non-hydrogen) atoms. The van der Waals surface area contributed by atoms with Crippen LogP contribution < -0.4 is 40.0 Å². The Labute approximate surface area is 138 Å².